The molecule has 0 aliphatic carbocycles. The highest BCUT2D eigenvalue weighted by Gasteiger charge is 2.47. The van der Waals surface area contributed by atoms with Gasteiger partial charge in [0.05, 0.1) is 12.8 Å². The van der Waals surface area contributed by atoms with Crippen LogP contribution in [0.4, 0.5) is 10.5 Å². The Balaban J connectivity index is 2.51. The van der Waals surface area contributed by atoms with Gasteiger partial charge in [0.25, 0.3) is 0 Å². The van der Waals surface area contributed by atoms with Crippen LogP contribution >= 0.6 is 15.9 Å². The molecule has 0 unspecified atom stereocenters. The van der Waals surface area contributed by atoms with Crippen molar-refractivity contribution in [1.29, 1.82) is 0 Å². The van der Waals surface area contributed by atoms with Gasteiger partial charge in [-0.25, -0.2) is 9.69 Å². The molecule has 1 heterocycles. The molecule has 1 fully saturated rings. The van der Waals surface area contributed by atoms with Gasteiger partial charge in [0.2, 0.25) is 11.8 Å². The van der Waals surface area contributed by atoms with Crippen LogP contribution in [0, 0.1) is 5.41 Å². The normalized spacial score (nSPS) is 18.0. The zero-order valence-electron chi connectivity index (χ0n) is 11.2. The van der Waals surface area contributed by atoms with Crippen molar-refractivity contribution in [2.24, 2.45) is 5.41 Å². The van der Waals surface area contributed by atoms with E-state index in [2.05, 4.69) is 21.2 Å². The van der Waals surface area contributed by atoms with Crippen LogP contribution in [0.5, 0.6) is 5.75 Å². The third-order valence-electron chi connectivity index (χ3n) is 3.08. The Morgan fingerprint density at radius 3 is 2.45 bits per heavy atom. The van der Waals surface area contributed by atoms with Gasteiger partial charge in [-0.3, -0.25) is 14.9 Å². The number of nitrogens with one attached hydrogen (secondary N) is 1. The number of nitrogens with zero attached hydrogens (tertiary/aromatic N) is 1. The van der Waals surface area contributed by atoms with E-state index in [-0.39, 0.29) is 0 Å². The molecule has 7 heteroatoms. The molecule has 0 bridgehead atoms. The second-order valence-corrected chi connectivity index (χ2v) is 5.79. The second kappa shape index (κ2) is 4.90. The van der Waals surface area contributed by atoms with Crippen LogP contribution in [-0.4, -0.2) is 25.0 Å². The Labute approximate surface area is 124 Å². The summed E-state index contributed by atoms with van der Waals surface area (Å²) in [5.74, 6) is -0.693. The van der Waals surface area contributed by atoms with Gasteiger partial charge in [0.15, 0.2) is 0 Å². The number of hydrogen-bond donors (Lipinski definition) is 1. The van der Waals surface area contributed by atoms with Crippen molar-refractivity contribution in [3.05, 3.63) is 22.7 Å². The van der Waals surface area contributed by atoms with Crippen LogP contribution in [-0.2, 0) is 9.59 Å². The highest BCUT2D eigenvalue weighted by atomic mass is 79.9. The molecule has 6 nitrogen and oxygen atoms in total. The van der Waals surface area contributed by atoms with E-state index in [4.69, 9.17) is 4.74 Å². The molecule has 1 aliphatic heterocycles. The van der Waals surface area contributed by atoms with E-state index >= 15 is 0 Å². The minimum Gasteiger partial charge on any atom is -0.497 e. The lowest BCUT2D eigenvalue weighted by atomic mass is 9.88. The lowest BCUT2D eigenvalue weighted by Gasteiger charge is -2.34. The molecule has 2 rings (SSSR count). The summed E-state index contributed by atoms with van der Waals surface area (Å²) in [6.45, 7) is 2.94. The summed E-state index contributed by atoms with van der Waals surface area (Å²) in [7, 11) is 1.48. The Morgan fingerprint density at radius 1 is 1.20 bits per heavy atom. The van der Waals surface area contributed by atoms with Crippen molar-refractivity contribution in [2.45, 2.75) is 13.8 Å². The number of urea groups is 1. The zero-order chi connectivity index (χ0) is 15.1. The largest absolute Gasteiger partial charge is 0.497 e. The molecule has 4 amide bonds. The predicted molar refractivity (Wildman–Crippen MR) is 75.5 cm³/mol. The quantitative estimate of drug-likeness (QED) is 0.836. The Morgan fingerprint density at radius 2 is 1.85 bits per heavy atom. The molecular weight excluding hydrogens is 328 g/mol. The third kappa shape index (κ3) is 2.29. The van der Waals surface area contributed by atoms with Gasteiger partial charge >= 0.3 is 6.03 Å². The van der Waals surface area contributed by atoms with Crippen LogP contribution in [0.3, 0.4) is 0 Å². The van der Waals surface area contributed by atoms with E-state index in [1.165, 1.54) is 21.0 Å². The van der Waals surface area contributed by atoms with E-state index in [0.29, 0.717) is 15.9 Å². The first-order chi connectivity index (χ1) is 9.27. The van der Waals surface area contributed by atoms with Gasteiger partial charge in [-0.15, -0.1) is 0 Å². The average molecular weight is 341 g/mol. The van der Waals surface area contributed by atoms with Gasteiger partial charge in [-0.05, 0) is 26.0 Å². The fourth-order valence-corrected chi connectivity index (χ4v) is 2.27. The minimum absolute atomic E-state index is 0.333. The number of amides is 4. The van der Waals surface area contributed by atoms with Crippen LogP contribution in [0.15, 0.2) is 22.7 Å². The summed E-state index contributed by atoms with van der Waals surface area (Å²) < 4.78 is 5.76. The van der Waals surface area contributed by atoms with E-state index in [1.807, 2.05) is 0 Å². The van der Waals surface area contributed by atoms with Crippen LogP contribution < -0.4 is 15.0 Å². The highest BCUT2D eigenvalue weighted by molar-refractivity contribution is 9.10. The van der Waals surface area contributed by atoms with Crippen molar-refractivity contribution >= 4 is 39.5 Å². The topological polar surface area (TPSA) is 75.7 Å². The smallest absolute Gasteiger partial charge is 0.335 e. The van der Waals surface area contributed by atoms with E-state index in [1.54, 1.807) is 18.2 Å². The number of hydrogen-bond acceptors (Lipinski definition) is 4. The second-order valence-electron chi connectivity index (χ2n) is 4.87. The lowest BCUT2D eigenvalue weighted by Crippen LogP contribution is -2.62. The van der Waals surface area contributed by atoms with Crippen molar-refractivity contribution < 1.29 is 19.1 Å². The van der Waals surface area contributed by atoms with E-state index in [9.17, 15) is 14.4 Å². The zero-order valence-corrected chi connectivity index (χ0v) is 12.8. The summed E-state index contributed by atoms with van der Waals surface area (Å²) in [6, 6.07) is 4.09. The maximum atomic E-state index is 12.4. The van der Waals surface area contributed by atoms with Gasteiger partial charge < -0.3 is 4.74 Å². The molecular formula is C13H13BrN2O4. The number of rotatable bonds is 2. The first kappa shape index (κ1) is 14.5. The number of imide groups is 2. The number of barbiturate groups is 1. The molecule has 106 valence electrons. The molecule has 1 saturated heterocycles. The highest BCUT2D eigenvalue weighted by Crippen LogP contribution is 2.32. The number of halogens is 1. The van der Waals surface area contributed by atoms with Crippen LogP contribution in [0.2, 0.25) is 0 Å². The fourth-order valence-electron chi connectivity index (χ4n) is 1.81. The Kier molecular flexibility index (Phi) is 3.56. The standard InChI is InChI=1S/C13H13BrN2O4/c1-13(2)10(17)15-12(19)16(11(13)18)8-4-7(14)5-9(6-8)20-3/h4-6H,1-3H3,(H,15,17,19). The first-order valence-corrected chi connectivity index (χ1v) is 6.61. The maximum Gasteiger partial charge on any atom is 0.335 e. The third-order valence-corrected chi connectivity index (χ3v) is 3.54. The van der Waals surface area contributed by atoms with Crippen molar-refractivity contribution in [3.8, 4) is 5.75 Å². The number of ether oxygens (including phenoxy) is 1. The maximum absolute atomic E-state index is 12.4. The number of carbonyl (C=O) groups is 3. The molecule has 1 aromatic rings. The number of anilines is 1. The summed E-state index contributed by atoms with van der Waals surface area (Å²) in [6.07, 6.45) is 0. The van der Waals surface area contributed by atoms with Gasteiger partial charge in [0, 0.05) is 10.5 Å². The summed E-state index contributed by atoms with van der Waals surface area (Å²) in [4.78, 5) is 36.9. The SMILES string of the molecule is COc1cc(Br)cc(N2C(=O)NC(=O)C(C)(C)C2=O)c1. The molecule has 1 aliphatic rings. The Bertz CT molecular complexity index is 612. The van der Waals surface area contributed by atoms with Gasteiger partial charge in [-0.2, -0.15) is 0 Å². The molecule has 0 spiro atoms. The fraction of sp³-hybridized carbons (Fsp3) is 0.308. The molecule has 1 N–H and O–H groups in total. The molecule has 0 atom stereocenters. The molecule has 0 radical (unpaired) electrons. The summed E-state index contributed by atoms with van der Waals surface area (Å²) in [5.41, 5.74) is -0.969. The predicted octanol–water partition coefficient (Wildman–Crippen LogP) is 2.07. The number of benzene rings is 1. The van der Waals surface area contributed by atoms with E-state index < -0.39 is 23.3 Å². The molecule has 0 aromatic heterocycles. The van der Waals surface area contributed by atoms with Crippen molar-refractivity contribution in [2.75, 3.05) is 12.0 Å². The van der Waals surface area contributed by atoms with Gasteiger partial charge in [-0.1, -0.05) is 15.9 Å². The molecule has 0 saturated carbocycles. The first-order valence-electron chi connectivity index (χ1n) is 5.82. The van der Waals surface area contributed by atoms with Crippen LogP contribution in [0.25, 0.3) is 0 Å². The van der Waals surface area contributed by atoms with Crippen molar-refractivity contribution in [1.82, 2.24) is 5.32 Å². The van der Waals surface area contributed by atoms with Gasteiger partial charge in [0.1, 0.15) is 11.2 Å². The lowest BCUT2D eigenvalue weighted by molar-refractivity contribution is -0.140. The minimum atomic E-state index is -1.30. The van der Waals surface area contributed by atoms with Crippen LogP contribution in [0.1, 0.15) is 13.8 Å². The molecule has 20 heavy (non-hydrogen) atoms. The Hall–Kier alpha value is -1.89. The monoisotopic (exact) mass is 340 g/mol. The average Bonchev–Trinajstić information content (AvgIpc) is 2.36. The number of methoxy groups -OCH3 is 1. The number of carbonyl (C=O) groups excluding carboxylic acids is 3. The van der Waals surface area contributed by atoms with Crippen molar-refractivity contribution in [3.63, 3.8) is 0 Å². The summed E-state index contributed by atoms with van der Waals surface area (Å²) in [5, 5.41) is 2.18. The molecule has 1 aromatic carbocycles. The van der Waals surface area contributed by atoms with E-state index in [0.717, 1.165) is 4.90 Å². The summed E-state index contributed by atoms with van der Waals surface area (Å²) >= 11 is 3.28.